The van der Waals surface area contributed by atoms with Crippen LogP contribution >= 0.6 is 11.3 Å². The lowest BCUT2D eigenvalue weighted by Crippen LogP contribution is -2.23. The highest BCUT2D eigenvalue weighted by molar-refractivity contribution is 7.10. The van der Waals surface area contributed by atoms with Crippen LogP contribution in [0, 0.1) is 11.3 Å². The second-order valence-electron chi connectivity index (χ2n) is 5.68. The maximum Gasteiger partial charge on any atom is 0.113 e. The molecular weight excluding hydrogens is 266 g/mol. The van der Waals surface area contributed by atoms with Gasteiger partial charge in [0.1, 0.15) is 10.4 Å². The van der Waals surface area contributed by atoms with Gasteiger partial charge in [-0.3, -0.25) is 0 Å². The monoisotopic (exact) mass is 283 g/mol. The second-order valence-corrected chi connectivity index (χ2v) is 6.54. The summed E-state index contributed by atoms with van der Waals surface area (Å²) in [5.74, 6) is 0. The van der Waals surface area contributed by atoms with Gasteiger partial charge in [-0.05, 0) is 44.0 Å². The summed E-state index contributed by atoms with van der Waals surface area (Å²) < 4.78 is 0. The van der Waals surface area contributed by atoms with E-state index in [1.54, 1.807) is 11.3 Å². The highest BCUT2D eigenvalue weighted by Gasteiger charge is 2.24. The van der Waals surface area contributed by atoms with Crippen molar-refractivity contribution in [1.82, 2.24) is 10.3 Å². The van der Waals surface area contributed by atoms with Crippen molar-refractivity contribution in [3.05, 3.63) is 39.7 Å². The predicted octanol–water partition coefficient (Wildman–Crippen LogP) is 3.26. The van der Waals surface area contributed by atoms with Crippen LogP contribution in [0.4, 0.5) is 0 Å². The molecule has 1 N–H and O–H groups in total. The Morgan fingerprint density at radius 1 is 1.35 bits per heavy atom. The first-order valence-corrected chi connectivity index (χ1v) is 7.68. The van der Waals surface area contributed by atoms with Gasteiger partial charge in [-0.1, -0.05) is 12.1 Å². The van der Waals surface area contributed by atoms with E-state index in [9.17, 15) is 5.26 Å². The molecule has 0 atom stereocenters. The van der Waals surface area contributed by atoms with Gasteiger partial charge in [0.25, 0.3) is 0 Å². The zero-order chi connectivity index (χ0) is 14.2. The number of fused-ring (bicyclic) bond motifs is 1. The van der Waals surface area contributed by atoms with E-state index in [1.807, 2.05) is 13.8 Å². The minimum Gasteiger partial charge on any atom is -0.312 e. The molecule has 0 unspecified atom stereocenters. The standard InChI is InChI=1S/C16H17N3S/c1-16(2,10-17)15-19-14(9-20-15)12-3-4-13-8-18-6-5-11(13)7-12/h3-4,7,9,18H,5-6,8H2,1-2H3. The van der Waals surface area contributed by atoms with Crippen LogP contribution in [0.3, 0.4) is 0 Å². The molecule has 4 heteroatoms. The summed E-state index contributed by atoms with van der Waals surface area (Å²) >= 11 is 1.57. The average Bonchev–Trinajstić information content (AvgIpc) is 2.97. The lowest BCUT2D eigenvalue weighted by molar-refractivity contribution is 0.644. The Bertz CT molecular complexity index is 679. The van der Waals surface area contributed by atoms with E-state index in [1.165, 1.54) is 11.1 Å². The summed E-state index contributed by atoms with van der Waals surface area (Å²) in [5.41, 5.74) is 4.42. The average molecular weight is 283 g/mol. The summed E-state index contributed by atoms with van der Waals surface area (Å²) in [4.78, 5) is 4.65. The third kappa shape index (κ3) is 2.35. The normalized spacial score (nSPS) is 14.7. The quantitative estimate of drug-likeness (QED) is 0.920. The van der Waals surface area contributed by atoms with Gasteiger partial charge >= 0.3 is 0 Å². The molecule has 3 rings (SSSR count). The number of hydrogen-bond acceptors (Lipinski definition) is 4. The summed E-state index contributed by atoms with van der Waals surface area (Å²) in [6, 6.07) is 8.87. The Morgan fingerprint density at radius 3 is 3.00 bits per heavy atom. The van der Waals surface area contributed by atoms with Crippen LogP contribution in [-0.2, 0) is 18.4 Å². The first-order valence-electron chi connectivity index (χ1n) is 6.80. The molecule has 0 radical (unpaired) electrons. The molecule has 0 spiro atoms. The Kier molecular flexibility index (Phi) is 3.33. The molecule has 1 aliphatic rings. The number of hydrogen-bond donors (Lipinski definition) is 1. The number of benzene rings is 1. The van der Waals surface area contributed by atoms with Gasteiger partial charge in [0.05, 0.1) is 11.8 Å². The molecular formula is C16H17N3S. The largest absolute Gasteiger partial charge is 0.312 e. The third-order valence-electron chi connectivity index (χ3n) is 3.71. The van der Waals surface area contributed by atoms with Crippen LogP contribution in [0.1, 0.15) is 30.0 Å². The van der Waals surface area contributed by atoms with Gasteiger partial charge in [-0.15, -0.1) is 11.3 Å². The van der Waals surface area contributed by atoms with E-state index in [2.05, 4.69) is 39.9 Å². The Hall–Kier alpha value is -1.70. The number of thiazole rings is 1. The zero-order valence-corrected chi connectivity index (χ0v) is 12.5. The van der Waals surface area contributed by atoms with Gasteiger partial charge < -0.3 is 5.32 Å². The van der Waals surface area contributed by atoms with Crippen molar-refractivity contribution in [1.29, 1.82) is 5.26 Å². The highest BCUT2D eigenvalue weighted by Crippen LogP contribution is 2.31. The van der Waals surface area contributed by atoms with E-state index in [0.717, 1.165) is 35.8 Å². The summed E-state index contributed by atoms with van der Waals surface area (Å²) in [5, 5.41) is 15.5. The highest BCUT2D eigenvalue weighted by atomic mass is 32.1. The van der Waals surface area contributed by atoms with Crippen LogP contribution in [0.5, 0.6) is 0 Å². The van der Waals surface area contributed by atoms with E-state index < -0.39 is 5.41 Å². The van der Waals surface area contributed by atoms with E-state index in [-0.39, 0.29) is 0 Å². The molecule has 1 aromatic carbocycles. The van der Waals surface area contributed by atoms with Crippen LogP contribution in [-0.4, -0.2) is 11.5 Å². The first-order chi connectivity index (χ1) is 9.60. The fraction of sp³-hybridized carbons (Fsp3) is 0.375. The smallest absolute Gasteiger partial charge is 0.113 e. The summed E-state index contributed by atoms with van der Waals surface area (Å²) in [7, 11) is 0. The molecule has 3 nitrogen and oxygen atoms in total. The predicted molar refractivity (Wildman–Crippen MR) is 81.6 cm³/mol. The minimum absolute atomic E-state index is 0.513. The second kappa shape index (κ2) is 5.01. The Balaban J connectivity index is 1.96. The van der Waals surface area contributed by atoms with Crippen molar-refractivity contribution in [3.8, 4) is 17.3 Å². The molecule has 0 fully saturated rings. The van der Waals surface area contributed by atoms with Crippen molar-refractivity contribution in [2.24, 2.45) is 0 Å². The van der Waals surface area contributed by atoms with Crippen LogP contribution in [0.15, 0.2) is 23.6 Å². The SMILES string of the molecule is CC(C)(C#N)c1nc(-c2ccc3c(c2)CCNC3)cs1. The molecule has 1 aliphatic heterocycles. The van der Waals surface area contributed by atoms with Crippen molar-refractivity contribution in [2.45, 2.75) is 32.2 Å². The van der Waals surface area contributed by atoms with Gasteiger partial charge in [0.15, 0.2) is 0 Å². The third-order valence-corrected chi connectivity index (χ3v) is 4.87. The summed E-state index contributed by atoms with van der Waals surface area (Å²) in [6.07, 6.45) is 1.07. The molecule has 1 aromatic heterocycles. The maximum atomic E-state index is 9.20. The lowest BCUT2D eigenvalue weighted by atomic mass is 9.96. The number of aromatic nitrogens is 1. The van der Waals surface area contributed by atoms with Crippen molar-refractivity contribution in [3.63, 3.8) is 0 Å². The van der Waals surface area contributed by atoms with Crippen molar-refractivity contribution < 1.29 is 0 Å². The Morgan fingerprint density at radius 2 is 2.20 bits per heavy atom. The van der Waals surface area contributed by atoms with Gasteiger partial charge in [-0.25, -0.2) is 4.98 Å². The van der Waals surface area contributed by atoms with Crippen molar-refractivity contribution in [2.75, 3.05) is 6.54 Å². The molecule has 0 amide bonds. The Labute approximate surface area is 123 Å². The molecule has 0 saturated heterocycles. The first kappa shape index (κ1) is 13.3. The number of nitrogens with zero attached hydrogens (tertiary/aromatic N) is 2. The fourth-order valence-corrected chi connectivity index (χ4v) is 3.28. The van der Waals surface area contributed by atoms with Gasteiger partial charge in [0.2, 0.25) is 0 Å². The molecule has 0 bridgehead atoms. The summed E-state index contributed by atoms with van der Waals surface area (Å²) in [6.45, 7) is 5.82. The molecule has 0 saturated carbocycles. The van der Waals surface area contributed by atoms with Crippen molar-refractivity contribution >= 4 is 11.3 Å². The zero-order valence-electron chi connectivity index (χ0n) is 11.7. The van der Waals surface area contributed by atoms with E-state index in [4.69, 9.17) is 0 Å². The van der Waals surface area contributed by atoms with E-state index in [0.29, 0.717) is 0 Å². The number of rotatable bonds is 2. The fourth-order valence-electron chi connectivity index (χ4n) is 2.38. The number of nitriles is 1. The number of nitrogens with one attached hydrogen (secondary N) is 1. The maximum absolute atomic E-state index is 9.20. The molecule has 2 heterocycles. The minimum atomic E-state index is -0.513. The van der Waals surface area contributed by atoms with Gasteiger partial charge in [-0.2, -0.15) is 5.26 Å². The van der Waals surface area contributed by atoms with Crippen LogP contribution in [0.25, 0.3) is 11.3 Å². The molecule has 2 aromatic rings. The topological polar surface area (TPSA) is 48.7 Å². The molecule has 20 heavy (non-hydrogen) atoms. The van der Waals surface area contributed by atoms with Gasteiger partial charge in [0, 0.05) is 17.5 Å². The van der Waals surface area contributed by atoms with E-state index >= 15 is 0 Å². The molecule has 0 aliphatic carbocycles. The lowest BCUT2D eigenvalue weighted by Gasteiger charge is -2.17. The van der Waals surface area contributed by atoms with Crippen LogP contribution < -0.4 is 5.32 Å². The molecule has 102 valence electrons. The van der Waals surface area contributed by atoms with Crippen LogP contribution in [0.2, 0.25) is 0 Å².